The topological polar surface area (TPSA) is 119 Å². The molecule has 19 heavy (non-hydrogen) atoms. The fourth-order valence-corrected chi connectivity index (χ4v) is 2.00. The van der Waals surface area contributed by atoms with Crippen molar-refractivity contribution in [3.05, 3.63) is 12.7 Å². The van der Waals surface area contributed by atoms with Gasteiger partial charge in [-0.05, 0) is 26.2 Å². The summed E-state index contributed by atoms with van der Waals surface area (Å²) in [6.07, 6.45) is 6.35. The molecule has 0 aliphatic heterocycles. The van der Waals surface area contributed by atoms with Gasteiger partial charge in [0.2, 0.25) is 11.9 Å². The average molecular weight is 261 g/mol. The van der Waals surface area contributed by atoms with Crippen LogP contribution in [0.15, 0.2) is 12.7 Å². The van der Waals surface area contributed by atoms with E-state index in [1.165, 1.54) is 23.8 Å². The zero-order chi connectivity index (χ0) is 13.3. The molecule has 4 N–H and O–H groups in total. The molecular formula is C10H15N9. The molecule has 1 saturated carbocycles. The first kappa shape index (κ1) is 11.8. The number of anilines is 2. The van der Waals surface area contributed by atoms with Gasteiger partial charge in [0.15, 0.2) is 0 Å². The summed E-state index contributed by atoms with van der Waals surface area (Å²) >= 11 is 0. The van der Waals surface area contributed by atoms with Gasteiger partial charge in [-0.2, -0.15) is 24.7 Å². The molecule has 0 radical (unpaired) electrons. The van der Waals surface area contributed by atoms with Crippen LogP contribution in [0.2, 0.25) is 0 Å². The van der Waals surface area contributed by atoms with Crippen LogP contribution >= 0.6 is 0 Å². The first-order chi connectivity index (χ1) is 9.18. The van der Waals surface area contributed by atoms with E-state index < -0.39 is 0 Å². The number of nitrogens with one attached hydrogen (secondary N) is 2. The maximum absolute atomic E-state index is 5.38. The first-order valence-electron chi connectivity index (χ1n) is 6.04. The normalized spacial score (nSPS) is 16.7. The lowest BCUT2D eigenvalue weighted by Crippen LogP contribution is -2.42. The standard InChI is InChI=1S/C10H15N9/c1-10(3-2-4-10)17-7-14-8(18-11)16-9(15-7)19-6-12-5-13-19/h5-6H,2-4,11H2,1H3,(H2,14,15,16,17,18). The van der Waals surface area contributed by atoms with Crippen LogP contribution in [0.4, 0.5) is 11.9 Å². The highest BCUT2D eigenvalue weighted by atomic mass is 15.4. The van der Waals surface area contributed by atoms with E-state index in [4.69, 9.17) is 5.84 Å². The zero-order valence-electron chi connectivity index (χ0n) is 10.5. The van der Waals surface area contributed by atoms with Gasteiger partial charge in [0.05, 0.1) is 0 Å². The van der Waals surface area contributed by atoms with Crippen LogP contribution < -0.4 is 16.6 Å². The van der Waals surface area contributed by atoms with Crippen molar-refractivity contribution in [1.29, 1.82) is 0 Å². The molecule has 0 saturated heterocycles. The molecule has 9 heteroatoms. The third-order valence-electron chi connectivity index (χ3n) is 3.25. The van der Waals surface area contributed by atoms with Crippen molar-refractivity contribution in [3.8, 4) is 5.95 Å². The van der Waals surface area contributed by atoms with E-state index in [0.29, 0.717) is 11.9 Å². The SMILES string of the molecule is CC1(Nc2nc(NN)nc(-n3cncn3)n2)CCC1. The second-order valence-electron chi connectivity index (χ2n) is 4.81. The number of aromatic nitrogens is 6. The summed E-state index contributed by atoms with van der Waals surface area (Å²) in [5.74, 6) is 6.51. The maximum atomic E-state index is 5.38. The number of hydrogen-bond donors (Lipinski definition) is 3. The summed E-state index contributed by atoms with van der Waals surface area (Å²) in [6.45, 7) is 2.14. The van der Waals surface area contributed by atoms with Gasteiger partial charge in [-0.1, -0.05) is 0 Å². The van der Waals surface area contributed by atoms with Crippen LogP contribution in [0.25, 0.3) is 5.95 Å². The van der Waals surface area contributed by atoms with Crippen molar-refractivity contribution in [3.63, 3.8) is 0 Å². The summed E-state index contributed by atoms with van der Waals surface area (Å²) in [4.78, 5) is 16.5. The minimum atomic E-state index is 0.0485. The molecule has 100 valence electrons. The zero-order valence-corrected chi connectivity index (χ0v) is 10.5. The summed E-state index contributed by atoms with van der Waals surface area (Å²) in [7, 11) is 0. The number of nitrogen functional groups attached to an aromatic ring is 1. The second-order valence-corrected chi connectivity index (χ2v) is 4.81. The largest absolute Gasteiger partial charge is 0.349 e. The minimum absolute atomic E-state index is 0.0485. The van der Waals surface area contributed by atoms with E-state index in [9.17, 15) is 0 Å². The molecule has 0 unspecified atom stereocenters. The second kappa shape index (κ2) is 4.43. The van der Waals surface area contributed by atoms with Gasteiger partial charge in [-0.3, -0.25) is 5.43 Å². The Morgan fingerprint density at radius 3 is 2.63 bits per heavy atom. The number of nitrogens with two attached hydrogens (primary N) is 1. The van der Waals surface area contributed by atoms with Crippen molar-refractivity contribution in [2.24, 2.45) is 5.84 Å². The predicted octanol–water partition coefficient (Wildman–Crippen LogP) is 0.0924. The summed E-state index contributed by atoms with van der Waals surface area (Å²) in [5.41, 5.74) is 2.48. The molecular weight excluding hydrogens is 246 g/mol. The molecule has 2 heterocycles. The van der Waals surface area contributed by atoms with Crippen molar-refractivity contribution in [2.45, 2.75) is 31.7 Å². The molecule has 1 fully saturated rings. The molecule has 2 aromatic rings. The summed E-state index contributed by atoms with van der Waals surface area (Å²) < 4.78 is 1.46. The highest BCUT2D eigenvalue weighted by Gasteiger charge is 2.32. The Labute approximate surface area is 109 Å². The Morgan fingerprint density at radius 2 is 2.05 bits per heavy atom. The third kappa shape index (κ3) is 2.32. The molecule has 0 spiro atoms. The molecule has 3 rings (SSSR count). The molecule has 9 nitrogen and oxygen atoms in total. The van der Waals surface area contributed by atoms with Gasteiger partial charge in [0, 0.05) is 5.54 Å². The van der Waals surface area contributed by atoms with Crippen LogP contribution in [-0.4, -0.2) is 35.3 Å². The molecule has 0 amide bonds. The Kier molecular flexibility index (Phi) is 2.75. The monoisotopic (exact) mass is 261 g/mol. The van der Waals surface area contributed by atoms with Crippen LogP contribution in [0, 0.1) is 0 Å². The molecule has 1 aliphatic rings. The van der Waals surface area contributed by atoms with Crippen LogP contribution in [-0.2, 0) is 0 Å². The molecule has 2 aromatic heterocycles. The lowest BCUT2D eigenvalue weighted by molar-refractivity contribution is 0.304. The molecule has 0 aromatic carbocycles. The van der Waals surface area contributed by atoms with Crippen LogP contribution in [0.3, 0.4) is 0 Å². The van der Waals surface area contributed by atoms with E-state index >= 15 is 0 Å². The smallest absolute Gasteiger partial charge is 0.258 e. The predicted molar refractivity (Wildman–Crippen MR) is 68.4 cm³/mol. The van der Waals surface area contributed by atoms with Crippen molar-refractivity contribution in [2.75, 3.05) is 10.7 Å². The number of rotatable bonds is 4. The lowest BCUT2D eigenvalue weighted by atomic mass is 9.79. The van der Waals surface area contributed by atoms with Crippen molar-refractivity contribution < 1.29 is 0 Å². The van der Waals surface area contributed by atoms with Gasteiger partial charge < -0.3 is 5.32 Å². The van der Waals surface area contributed by atoms with Gasteiger partial charge in [0.1, 0.15) is 12.7 Å². The Hall–Kier alpha value is -2.29. The van der Waals surface area contributed by atoms with Crippen LogP contribution in [0.1, 0.15) is 26.2 Å². The van der Waals surface area contributed by atoms with E-state index in [-0.39, 0.29) is 11.5 Å². The Balaban J connectivity index is 1.93. The fourth-order valence-electron chi connectivity index (χ4n) is 2.00. The molecule has 0 atom stereocenters. The third-order valence-corrected chi connectivity index (χ3v) is 3.25. The molecule has 1 aliphatic carbocycles. The fraction of sp³-hybridized carbons (Fsp3) is 0.500. The highest BCUT2D eigenvalue weighted by molar-refractivity contribution is 5.39. The average Bonchev–Trinajstić information content (AvgIpc) is 2.90. The summed E-state index contributed by atoms with van der Waals surface area (Å²) in [6, 6.07) is 0. The van der Waals surface area contributed by atoms with Gasteiger partial charge in [0.25, 0.3) is 5.95 Å². The van der Waals surface area contributed by atoms with Gasteiger partial charge in [-0.15, -0.1) is 0 Å². The minimum Gasteiger partial charge on any atom is -0.349 e. The van der Waals surface area contributed by atoms with E-state index in [1.807, 2.05) is 0 Å². The Bertz CT molecular complexity index is 560. The molecule has 0 bridgehead atoms. The van der Waals surface area contributed by atoms with Gasteiger partial charge >= 0.3 is 0 Å². The number of hydrazine groups is 1. The number of hydrogen-bond acceptors (Lipinski definition) is 8. The first-order valence-corrected chi connectivity index (χ1v) is 6.04. The maximum Gasteiger partial charge on any atom is 0.258 e. The van der Waals surface area contributed by atoms with Crippen molar-refractivity contribution >= 4 is 11.9 Å². The highest BCUT2D eigenvalue weighted by Crippen LogP contribution is 2.33. The van der Waals surface area contributed by atoms with Crippen molar-refractivity contribution in [1.82, 2.24) is 29.7 Å². The van der Waals surface area contributed by atoms with Crippen LogP contribution in [0.5, 0.6) is 0 Å². The van der Waals surface area contributed by atoms with Gasteiger partial charge in [-0.25, -0.2) is 10.8 Å². The summed E-state index contributed by atoms with van der Waals surface area (Å²) in [5, 5.41) is 7.30. The Morgan fingerprint density at radius 1 is 1.26 bits per heavy atom. The number of nitrogens with zero attached hydrogens (tertiary/aromatic N) is 6. The van der Waals surface area contributed by atoms with E-state index in [2.05, 4.69) is 42.7 Å². The quantitative estimate of drug-likeness (QED) is 0.523. The lowest BCUT2D eigenvalue weighted by Gasteiger charge is -2.39. The van der Waals surface area contributed by atoms with E-state index in [1.54, 1.807) is 0 Å². The van der Waals surface area contributed by atoms with E-state index in [0.717, 1.165) is 12.8 Å².